The minimum atomic E-state index is -0.623. The highest BCUT2D eigenvalue weighted by Gasteiger charge is 2.27. The van der Waals surface area contributed by atoms with E-state index in [1.165, 1.54) is 0 Å². The summed E-state index contributed by atoms with van der Waals surface area (Å²) in [6.45, 7) is 3.61. The van der Waals surface area contributed by atoms with Gasteiger partial charge < -0.3 is 9.15 Å². The van der Waals surface area contributed by atoms with E-state index < -0.39 is 5.63 Å². The van der Waals surface area contributed by atoms with E-state index in [9.17, 15) is 9.59 Å². The van der Waals surface area contributed by atoms with Crippen LogP contribution in [0, 0.1) is 0 Å². The number of carbonyl (C=O) groups is 1. The lowest BCUT2D eigenvalue weighted by Crippen LogP contribution is -2.29. The molecule has 0 bridgehead atoms. The van der Waals surface area contributed by atoms with Crippen LogP contribution in [-0.4, -0.2) is 11.9 Å². The monoisotopic (exact) mass is 220 g/mol. The molecular formula is C12H12O4. The number of ketones is 1. The van der Waals surface area contributed by atoms with Gasteiger partial charge in [-0.3, -0.25) is 4.79 Å². The lowest BCUT2D eigenvalue weighted by atomic mass is 10.0. The van der Waals surface area contributed by atoms with Crippen LogP contribution in [0.1, 0.15) is 36.4 Å². The third-order valence-corrected chi connectivity index (χ3v) is 2.35. The predicted octanol–water partition coefficient (Wildman–Crippen LogP) is 2.03. The normalized spacial score (nSPS) is 19.6. The van der Waals surface area contributed by atoms with Crippen molar-refractivity contribution >= 4 is 11.9 Å². The van der Waals surface area contributed by atoms with Gasteiger partial charge in [0.05, 0.1) is 0 Å². The fourth-order valence-electron chi connectivity index (χ4n) is 1.70. The molecule has 16 heavy (non-hydrogen) atoms. The third-order valence-electron chi connectivity index (χ3n) is 2.35. The van der Waals surface area contributed by atoms with Crippen molar-refractivity contribution in [1.82, 2.24) is 0 Å². The van der Waals surface area contributed by atoms with Crippen LogP contribution < -0.4 is 10.4 Å². The molecule has 1 aliphatic heterocycles. The van der Waals surface area contributed by atoms with Crippen molar-refractivity contribution in [3.05, 3.63) is 33.9 Å². The maximum atomic E-state index is 11.6. The molecule has 0 unspecified atom stereocenters. The largest absolute Gasteiger partial charge is 0.489 e. The minimum Gasteiger partial charge on any atom is -0.489 e. The van der Waals surface area contributed by atoms with Gasteiger partial charge in [0.25, 0.3) is 0 Å². The van der Waals surface area contributed by atoms with E-state index >= 15 is 0 Å². The number of carbonyl (C=O) groups excluding carboxylic acids is 1. The first-order chi connectivity index (χ1) is 7.61. The average Bonchev–Trinajstić information content (AvgIpc) is 2.15. The number of Topliss-reactive ketones (excluding diaryl/α,β-unsaturated/α-hetero) is 1. The third kappa shape index (κ3) is 1.78. The maximum Gasteiger partial charge on any atom is 0.351 e. The first-order valence-corrected chi connectivity index (χ1v) is 5.12. The van der Waals surface area contributed by atoms with Crippen LogP contribution in [0.3, 0.4) is 0 Å². The zero-order chi connectivity index (χ0) is 11.7. The number of ether oxygens (including phenoxy) is 1. The van der Waals surface area contributed by atoms with Crippen molar-refractivity contribution in [3.8, 4) is 5.75 Å². The van der Waals surface area contributed by atoms with Crippen molar-refractivity contribution in [2.45, 2.75) is 26.4 Å². The van der Waals surface area contributed by atoms with Crippen molar-refractivity contribution in [2.24, 2.45) is 0 Å². The Labute approximate surface area is 92.5 Å². The molecule has 0 aliphatic carbocycles. The Balaban J connectivity index is 2.59. The van der Waals surface area contributed by atoms with Crippen LogP contribution in [-0.2, 0) is 0 Å². The second-order valence-corrected chi connectivity index (χ2v) is 3.73. The Morgan fingerprint density at radius 1 is 1.44 bits per heavy atom. The van der Waals surface area contributed by atoms with Gasteiger partial charge in [-0.15, -0.1) is 0 Å². The Bertz CT molecular complexity index is 510. The van der Waals surface area contributed by atoms with Gasteiger partial charge in [0, 0.05) is 12.5 Å². The summed E-state index contributed by atoms with van der Waals surface area (Å²) in [6.07, 6.45) is 3.43. The molecule has 2 heterocycles. The molecular weight excluding hydrogens is 208 g/mol. The van der Waals surface area contributed by atoms with Crippen molar-refractivity contribution < 1.29 is 13.9 Å². The highest BCUT2D eigenvalue weighted by Crippen LogP contribution is 2.26. The number of fused-ring (bicyclic) bond motifs is 1. The molecule has 1 atom stereocenters. The lowest BCUT2D eigenvalue weighted by molar-refractivity contribution is 0.0862. The van der Waals surface area contributed by atoms with Crippen LogP contribution >= 0.6 is 0 Å². The molecule has 0 aromatic carbocycles. The van der Waals surface area contributed by atoms with Gasteiger partial charge in [-0.05, 0) is 19.9 Å². The first kappa shape index (κ1) is 10.7. The van der Waals surface area contributed by atoms with E-state index in [1.54, 1.807) is 25.1 Å². The van der Waals surface area contributed by atoms with E-state index in [4.69, 9.17) is 9.15 Å². The van der Waals surface area contributed by atoms with E-state index in [0.717, 1.165) is 0 Å². The van der Waals surface area contributed by atoms with E-state index in [-0.39, 0.29) is 23.9 Å². The summed E-state index contributed by atoms with van der Waals surface area (Å²) in [4.78, 5) is 23.2. The number of hydrogen-bond acceptors (Lipinski definition) is 4. The number of allylic oxidation sites excluding steroid dienone is 1. The summed E-state index contributed by atoms with van der Waals surface area (Å²) in [7, 11) is 0. The molecule has 4 heteroatoms. The Morgan fingerprint density at radius 3 is 2.88 bits per heavy atom. The first-order valence-electron chi connectivity index (χ1n) is 5.12. The van der Waals surface area contributed by atoms with Gasteiger partial charge in [0.1, 0.15) is 23.2 Å². The average molecular weight is 220 g/mol. The molecule has 0 spiro atoms. The zero-order valence-electron chi connectivity index (χ0n) is 9.15. The van der Waals surface area contributed by atoms with Gasteiger partial charge in [0.2, 0.25) is 0 Å². The zero-order valence-corrected chi connectivity index (χ0v) is 9.15. The molecule has 0 amide bonds. The molecule has 84 valence electrons. The fraction of sp³-hybridized carbons (Fsp3) is 0.333. The molecule has 1 aromatic heterocycles. The smallest absolute Gasteiger partial charge is 0.351 e. The van der Waals surface area contributed by atoms with Crippen LogP contribution in [0.25, 0.3) is 6.08 Å². The Kier molecular flexibility index (Phi) is 2.64. The molecule has 1 aliphatic rings. The van der Waals surface area contributed by atoms with Gasteiger partial charge in [-0.1, -0.05) is 6.08 Å². The lowest BCUT2D eigenvalue weighted by Gasteiger charge is -2.20. The summed E-state index contributed by atoms with van der Waals surface area (Å²) in [6, 6.07) is 1.57. The van der Waals surface area contributed by atoms with Crippen LogP contribution in [0.15, 0.2) is 21.4 Å². The highest BCUT2D eigenvalue weighted by atomic mass is 16.5. The number of hydrogen-bond donors (Lipinski definition) is 0. The summed E-state index contributed by atoms with van der Waals surface area (Å²) in [5, 5.41) is 0. The summed E-state index contributed by atoms with van der Waals surface area (Å²) in [5.41, 5.74) is -0.589. The second-order valence-electron chi connectivity index (χ2n) is 3.73. The minimum absolute atomic E-state index is 0.0337. The van der Waals surface area contributed by atoms with Crippen LogP contribution in [0.4, 0.5) is 0 Å². The molecule has 0 saturated carbocycles. The second kappa shape index (κ2) is 3.96. The van der Waals surface area contributed by atoms with Crippen molar-refractivity contribution in [2.75, 3.05) is 0 Å². The van der Waals surface area contributed by atoms with E-state index in [1.807, 2.05) is 6.92 Å². The molecule has 1 aromatic rings. The van der Waals surface area contributed by atoms with E-state index in [0.29, 0.717) is 11.5 Å². The van der Waals surface area contributed by atoms with E-state index in [2.05, 4.69) is 0 Å². The molecule has 0 N–H and O–H groups in total. The molecule has 0 radical (unpaired) electrons. The highest BCUT2D eigenvalue weighted by molar-refractivity contribution is 5.99. The predicted molar refractivity (Wildman–Crippen MR) is 58.7 cm³/mol. The summed E-state index contributed by atoms with van der Waals surface area (Å²) in [5.74, 6) is 0.510. The topological polar surface area (TPSA) is 56.5 Å². The van der Waals surface area contributed by atoms with Gasteiger partial charge >= 0.3 is 5.63 Å². The SMILES string of the molecule is C/C=C/c1cc2c(c(=O)o1)C(=O)C[C@@H](C)O2. The van der Waals surface area contributed by atoms with Crippen LogP contribution in [0.2, 0.25) is 0 Å². The summed E-state index contributed by atoms with van der Waals surface area (Å²) >= 11 is 0. The van der Waals surface area contributed by atoms with Crippen LogP contribution in [0.5, 0.6) is 5.75 Å². The fourth-order valence-corrected chi connectivity index (χ4v) is 1.70. The number of rotatable bonds is 1. The quantitative estimate of drug-likeness (QED) is 0.726. The van der Waals surface area contributed by atoms with Crippen molar-refractivity contribution in [3.63, 3.8) is 0 Å². The maximum absolute atomic E-state index is 11.6. The molecule has 2 rings (SSSR count). The van der Waals surface area contributed by atoms with Gasteiger partial charge in [0.15, 0.2) is 5.78 Å². The van der Waals surface area contributed by atoms with Gasteiger partial charge in [-0.25, -0.2) is 4.79 Å². The Hall–Kier alpha value is -1.84. The molecule has 4 nitrogen and oxygen atoms in total. The molecule has 0 fully saturated rings. The standard InChI is InChI=1S/C12H12O4/c1-3-4-8-6-10-11(12(14)16-8)9(13)5-7(2)15-10/h3-4,6-7H,5H2,1-2H3/b4-3+/t7-/m1/s1. The molecule has 0 saturated heterocycles. The Morgan fingerprint density at radius 2 is 2.19 bits per heavy atom. The van der Waals surface area contributed by atoms with Gasteiger partial charge in [-0.2, -0.15) is 0 Å². The summed E-state index contributed by atoms with van der Waals surface area (Å²) < 4.78 is 10.4. The van der Waals surface area contributed by atoms with Crippen molar-refractivity contribution in [1.29, 1.82) is 0 Å².